The molecule has 8 rings (SSSR count). The summed E-state index contributed by atoms with van der Waals surface area (Å²) in [5.41, 5.74) is 1.08. The number of methoxy groups -OCH3 is 2. The maximum atomic E-state index is 14.6. The Morgan fingerprint density at radius 3 is 2.28 bits per heavy atom. The third kappa shape index (κ3) is 10.6. The number of rotatable bonds is 8. The Labute approximate surface area is 417 Å². The van der Waals surface area contributed by atoms with Gasteiger partial charge >= 0.3 is 11.8 Å². The van der Waals surface area contributed by atoms with Crippen LogP contribution < -0.4 is 14.8 Å². The lowest BCUT2D eigenvalue weighted by molar-refractivity contribution is -0.160. The summed E-state index contributed by atoms with van der Waals surface area (Å²) in [4.78, 5) is 43.2. The first-order valence-corrected chi connectivity index (χ1v) is 23.9. The Morgan fingerprint density at radius 1 is 0.931 bits per heavy atom. The number of benzene rings is 3. The van der Waals surface area contributed by atoms with Crippen LogP contribution in [0.1, 0.15) is 75.7 Å². The largest absolute Gasteiger partial charge is 0.507 e. The van der Waals surface area contributed by atoms with E-state index in [9.17, 15) is 39.9 Å². The highest BCUT2D eigenvalue weighted by Gasteiger charge is 2.50. The number of esters is 1. The van der Waals surface area contributed by atoms with Gasteiger partial charge in [-0.3, -0.25) is 24.3 Å². The lowest BCUT2D eigenvalue weighted by Crippen LogP contribution is -2.46. The second-order valence-corrected chi connectivity index (χ2v) is 19.0. The molecule has 19 heteroatoms. The second kappa shape index (κ2) is 21.8. The molecule has 3 aromatic carbocycles. The number of allylic oxidation sites excluding steroid dienone is 2. The number of ketones is 1. The summed E-state index contributed by atoms with van der Waals surface area (Å²) in [6.07, 6.45) is 4.74. The number of aliphatic hydroxyl groups excluding tert-OH is 2. The average molecular weight is 996 g/mol. The van der Waals surface area contributed by atoms with Crippen molar-refractivity contribution < 1.29 is 68.1 Å². The Balaban J connectivity index is 1.25. The molecule has 4 aliphatic heterocycles. The van der Waals surface area contributed by atoms with Crippen LogP contribution in [0.4, 0.5) is 5.69 Å². The Bertz CT molecular complexity index is 2790. The SMILES string of the molecule is COc1ccc(-c2cc(CN3CCN(/N=C/c4c5c(O)c6c(O)c(C)c7c(c6c4O)C(=O)[C@@](C)(O/C=C/[C@H](OC)[C@@H](C)[C@@H](OC(C)=O)[C@H](C)[C@H](O)[C@H](C)[C@@H](O)[C@@H](C)/C=C/C=C(/C)C(=O)N5)O7)CC3)on2)cc1. The van der Waals surface area contributed by atoms with Crippen LogP contribution in [0.2, 0.25) is 0 Å². The molecule has 1 fully saturated rings. The quantitative estimate of drug-likeness (QED) is 0.0472. The lowest BCUT2D eigenvalue weighted by Gasteiger charge is -2.38. The van der Waals surface area contributed by atoms with Gasteiger partial charge in [0.1, 0.15) is 34.8 Å². The number of ether oxygens (including phenoxy) is 5. The molecule has 0 saturated carbocycles. The summed E-state index contributed by atoms with van der Waals surface area (Å²) in [7, 11) is 3.04. The Kier molecular flexibility index (Phi) is 16.0. The molecule has 72 heavy (non-hydrogen) atoms. The summed E-state index contributed by atoms with van der Waals surface area (Å²) in [5, 5.41) is 72.0. The van der Waals surface area contributed by atoms with E-state index in [1.807, 2.05) is 30.3 Å². The molecule has 0 spiro atoms. The van der Waals surface area contributed by atoms with E-state index >= 15 is 0 Å². The van der Waals surface area contributed by atoms with Crippen molar-refractivity contribution in [1.82, 2.24) is 15.1 Å². The van der Waals surface area contributed by atoms with Crippen molar-refractivity contribution in [2.24, 2.45) is 28.8 Å². The van der Waals surface area contributed by atoms with Crippen LogP contribution in [0, 0.1) is 30.6 Å². The van der Waals surface area contributed by atoms with Gasteiger partial charge in [0.05, 0.1) is 66.6 Å². The van der Waals surface area contributed by atoms with Gasteiger partial charge in [-0.1, -0.05) is 51.1 Å². The molecular formula is C53H65N5O14. The fraction of sp³-hybridized carbons (Fsp3) is 0.453. The number of anilines is 1. The van der Waals surface area contributed by atoms with Gasteiger partial charge in [0.2, 0.25) is 0 Å². The van der Waals surface area contributed by atoms with Crippen molar-refractivity contribution in [3.05, 3.63) is 88.9 Å². The van der Waals surface area contributed by atoms with E-state index in [1.54, 1.807) is 52.0 Å². The fourth-order valence-electron chi connectivity index (χ4n) is 9.53. The molecule has 5 bridgehead atoms. The van der Waals surface area contributed by atoms with Gasteiger partial charge in [-0.25, -0.2) is 0 Å². The number of nitrogens with zero attached hydrogens (tertiary/aromatic N) is 4. The molecule has 1 saturated heterocycles. The summed E-state index contributed by atoms with van der Waals surface area (Å²) in [6, 6.07) is 9.40. The number of amides is 1. The highest BCUT2D eigenvalue weighted by molar-refractivity contribution is 6.23. The first kappa shape index (κ1) is 52.9. The molecule has 19 nitrogen and oxygen atoms in total. The Morgan fingerprint density at radius 2 is 1.62 bits per heavy atom. The standard InChI is InChI=1S/C53H65N5O14/c1-27-12-11-13-28(2)52(66)55-43-37(25-54-58-21-19-57(20-22-58)26-36-24-38(56-72-36)34-14-16-35(67-9)17-15-34)47(63)40-41(48(43)64)46(62)32(6)50-42(40)51(65)53(8,71-50)69-23-18-39(68-10)29(3)49(70-33(7)59)31(5)45(61)30(4)44(27)60/h11-18,23-25,27,29-31,39,44-45,49,60-64H,19-22,26H2,1-10H3,(H,55,66)/b12-11+,23-18+,28-13-,54-25+/t27-,29+,30+,31+,39-,44-,45+,49+,53-/m0/s1. The number of hydrazone groups is 1. The number of carbonyl (C=O) groups is 3. The third-order valence-corrected chi connectivity index (χ3v) is 14.1. The predicted molar refractivity (Wildman–Crippen MR) is 267 cm³/mol. The smallest absolute Gasteiger partial charge is 0.312 e. The minimum atomic E-state index is -2.08. The molecule has 4 aliphatic rings. The van der Waals surface area contributed by atoms with Crippen LogP contribution in [0.3, 0.4) is 0 Å². The number of hydrogen-bond donors (Lipinski definition) is 6. The van der Waals surface area contributed by atoms with Crippen molar-refractivity contribution in [2.45, 2.75) is 92.1 Å². The first-order valence-electron chi connectivity index (χ1n) is 23.9. The van der Waals surface area contributed by atoms with Gasteiger partial charge in [0, 0.05) is 99.0 Å². The number of nitrogens with one attached hydrogen (secondary N) is 1. The minimum absolute atomic E-state index is 0.0353. The zero-order valence-electron chi connectivity index (χ0n) is 42.2. The van der Waals surface area contributed by atoms with E-state index in [0.29, 0.717) is 44.2 Å². The molecule has 0 radical (unpaired) electrons. The lowest BCUT2D eigenvalue weighted by atomic mass is 9.78. The molecule has 1 aromatic heterocycles. The topological polar surface area (TPSA) is 255 Å². The van der Waals surface area contributed by atoms with Crippen molar-refractivity contribution >= 4 is 40.3 Å². The molecular weight excluding hydrogens is 931 g/mol. The first-order chi connectivity index (χ1) is 34.2. The molecule has 9 atom stereocenters. The monoisotopic (exact) mass is 995 g/mol. The maximum Gasteiger partial charge on any atom is 0.312 e. The van der Waals surface area contributed by atoms with E-state index in [0.717, 1.165) is 11.3 Å². The number of hydrogen-bond acceptors (Lipinski definition) is 18. The van der Waals surface area contributed by atoms with Crippen molar-refractivity contribution in [3.8, 4) is 40.0 Å². The highest BCUT2D eigenvalue weighted by Crippen LogP contribution is 2.55. The summed E-state index contributed by atoms with van der Waals surface area (Å²) < 4.78 is 34.7. The highest BCUT2D eigenvalue weighted by atomic mass is 16.7. The number of phenolic OH excluding ortho intramolecular Hbond substituents is 3. The van der Waals surface area contributed by atoms with Crippen LogP contribution in [0.15, 0.2) is 76.1 Å². The van der Waals surface area contributed by atoms with Gasteiger partial charge in [0.25, 0.3) is 11.7 Å². The summed E-state index contributed by atoms with van der Waals surface area (Å²) >= 11 is 0. The van der Waals surface area contributed by atoms with Crippen LogP contribution in [0.5, 0.6) is 28.7 Å². The van der Waals surface area contributed by atoms with Crippen LogP contribution in [-0.4, -0.2) is 135 Å². The predicted octanol–water partition coefficient (Wildman–Crippen LogP) is 6.57. The summed E-state index contributed by atoms with van der Waals surface area (Å²) in [6.45, 7) is 15.0. The number of aromatic nitrogens is 1. The number of aromatic hydroxyl groups is 3. The zero-order valence-corrected chi connectivity index (χ0v) is 42.2. The molecule has 5 heterocycles. The Hall–Kier alpha value is -6.93. The van der Waals surface area contributed by atoms with Gasteiger partial charge in [-0.2, -0.15) is 5.10 Å². The van der Waals surface area contributed by atoms with Crippen molar-refractivity contribution in [2.75, 3.05) is 45.7 Å². The number of piperazine rings is 1. The number of aliphatic hydroxyl groups is 2. The maximum absolute atomic E-state index is 14.6. The normalized spacial score (nSPS) is 28.3. The van der Waals surface area contributed by atoms with Crippen LogP contribution in [-0.2, 0) is 30.3 Å². The van der Waals surface area contributed by atoms with Crippen LogP contribution in [0.25, 0.3) is 22.0 Å². The van der Waals surface area contributed by atoms with Crippen molar-refractivity contribution in [1.29, 1.82) is 0 Å². The number of fused-ring (bicyclic) bond motifs is 14. The van der Waals surface area contributed by atoms with Gasteiger partial charge in [-0.15, -0.1) is 0 Å². The molecule has 1 amide bonds. The van der Waals surface area contributed by atoms with Gasteiger partial charge < -0.3 is 59.1 Å². The van der Waals surface area contributed by atoms with Gasteiger partial charge in [0.15, 0.2) is 11.5 Å². The zero-order chi connectivity index (χ0) is 52.3. The number of Topliss-reactive ketones (excluding diaryl/α,β-unsaturated/α-hetero) is 1. The molecule has 386 valence electrons. The molecule has 0 aliphatic carbocycles. The van der Waals surface area contributed by atoms with E-state index in [1.165, 1.54) is 59.4 Å². The molecule has 4 aromatic rings. The van der Waals surface area contributed by atoms with Gasteiger partial charge in [-0.05, 0) is 44.2 Å². The van der Waals surface area contributed by atoms with E-state index in [2.05, 4.69) is 20.5 Å². The third-order valence-electron chi connectivity index (χ3n) is 14.1. The van der Waals surface area contributed by atoms with E-state index in [-0.39, 0.29) is 44.5 Å². The van der Waals surface area contributed by atoms with E-state index in [4.69, 9.17) is 28.2 Å². The fourth-order valence-corrected chi connectivity index (χ4v) is 9.53. The minimum Gasteiger partial charge on any atom is -0.507 e. The average Bonchev–Trinajstić information content (AvgIpc) is 3.94. The molecule has 6 N–H and O–H groups in total. The number of carbonyl (C=O) groups excluding carboxylic acids is 3. The van der Waals surface area contributed by atoms with E-state index < -0.39 is 88.8 Å². The summed E-state index contributed by atoms with van der Waals surface area (Å²) in [5.74, 6) is -7.23. The number of phenols is 3. The second-order valence-electron chi connectivity index (χ2n) is 19.0. The van der Waals surface area contributed by atoms with Crippen molar-refractivity contribution in [3.63, 3.8) is 0 Å². The van der Waals surface area contributed by atoms with Crippen LogP contribution >= 0.6 is 0 Å². The molecule has 0 unspecified atom stereocenters.